The van der Waals surface area contributed by atoms with Crippen LogP contribution >= 0.6 is 34.8 Å². The minimum atomic E-state index is 0.593. The first kappa shape index (κ1) is 10.8. The highest BCUT2D eigenvalue weighted by Crippen LogP contribution is 2.34. The predicted molar refractivity (Wildman–Crippen MR) is 65.7 cm³/mol. The van der Waals surface area contributed by atoms with Crippen molar-refractivity contribution in [3.05, 3.63) is 57.5 Å². The number of hydrogen-bond donors (Lipinski definition) is 0. The van der Waals surface area contributed by atoms with E-state index in [4.69, 9.17) is 34.8 Å². The van der Waals surface area contributed by atoms with Gasteiger partial charge in [-0.05, 0) is 24.3 Å². The molecule has 0 saturated heterocycles. The summed E-state index contributed by atoms with van der Waals surface area (Å²) in [5, 5.41) is 1.83. The molecule has 0 bridgehead atoms. The molecule has 0 aliphatic rings. The van der Waals surface area contributed by atoms with E-state index in [1.54, 1.807) is 24.3 Å². The zero-order valence-electron chi connectivity index (χ0n) is 7.60. The lowest BCUT2D eigenvalue weighted by Crippen LogP contribution is -1.81. The van der Waals surface area contributed by atoms with Crippen LogP contribution in [0.15, 0.2) is 36.4 Å². The molecular formula is C12H6Cl3. The zero-order chi connectivity index (χ0) is 10.8. The van der Waals surface area contributed by atoms with Gasteiger partial charge in [-0.15, -0.1) is 0 Å². The van der Waals surface area contributed by atoms with Crippen molar-refractivity contribution in [3.8, 4) is 11.1 Å². The smallest absolute Gasteiger partial charge is 0.0499 e. The Labute approximate surface area is 103 Å². The van der Waals surface area contributed by atoms with E-state index in [9.17, 15) is 0 Å². The molecule has 0 spiro atoms. The summed E-state index contributed by atoms with van der Waals surface area (Å²) >= 11 is 18.0. The second-order valence-electron chi connectivity index (χ2n) is 3.03. The van der Waals surface area contributed by atoms with Gasteiger partial charge in [0.25, 0.3) is 0 Å². The maximum Gasteiger partial charge on any atom is 0.0499 e. The second-order valence-corrected chi connectivity index (χ2v) is 4.28. The number of hydrogen-bond acceptors (Lipinski definition) is 0. The van der Waals surface area contributed by atoms with Crippen LogP contribution in [0.4, 0.5) is 0 Å². The first-order valence-electron chi connectivity index (χ1n) is 4.29. The number of rotatable bonds is 1. The van der Waals surface area contributed by atoms with Crippen LogP contribution in [-0.2, 0) is 0 Å². The van der Waals surface area contributed by atoms with Crippen LogP contribution in [-0.4, -0.2) is 0 Å². The van der Waals surface area contributed by atoms with E-state index in [-0.39, 0.29) is 0 Å². The molecule has 15 heavy (non-hydrogen) atoms. The lowest BCUT2D eigenvalue weighted by atomic mass is 10.1. The van der Waals surface area contributed by atoms with E-state index >= 15 is 0 Å². The van der Waals surface area contributed by atoms with E-state index in [0.29, 0.717) is 15.1 Å². The Morgan fingerprint density at radius 2 is 1.60 bits per heavy atom. The van der Waals surface area contributed by atoms with Crippen LogP contribution in [0.25, 0.3) is 11.1 Å². The van der Waals surface area contributed by atoms with Gasteiger partial charge in [0.1, 0.15) is 0 Å². The maximum atomic E-state index is 6.08. The fourth-order valence-corrected chi connectivity index (χ4v) is 2.07. The highest BCUT2D eigenvalue weighted by Gasteiger charge is 2.06. The van der Waals surface area contributed by atoms with Gasteiger partial charge in [-0.2, -0.15) is 0 Å². The van der Waals surface area contributed by atoms with E-state index in [1.807, 2.05) is 12.1 Å². The van der Waals surface area contributed by atoms with Crippen molar-refractivity contribution in [2.75, 3.05) is 0 Å². The van der Waals surface area contributed by atoms with Crippen molar-refractivity contribution in [3.63, 3.8) is 0 Å². The van der Waals surface area contributed by atoms with Gasteiger partial charge in [0.2, 0.25) is 0 Å². The summed E-state index contributed by atoms with van der Waals surface area (Å²) in [4.78, 5) is 0. The molecule has 1 radical (unpaired) electrons. The molecule has 0 aliphatic heterocycles. The molecule has 0 unspecified atom stereocenters. The van der Waals surface area contributed by atoms with Crippen molar-refractivity contribution in [1.82, 2.24) is 0 Å². The van der Waals surface area contributed by atoms with Crippen molar-refractivity contribution in [2.24, 2.45) is 0 Å². The summed E-state index contributed by atoms with van der Waals surface area (Å²) in [6.07, 6.45) is 0. The van der Waals surface area contributed by atoms with E-state index < -0.39 is 0 Å². The Bertz CT molecular complexity index is 492. The van der Waals surface area contributed by atoms with Gasteiger partial charge in [-0.1, -0.05) is 53.0 Å². The second kappa shape index (κ2) is 4.44. The van der Waals surface area contributed by atoms with Gasteiger partial charge in [-0.3, -0.25) is 0 Å². The van der Waals surface area contributed by atoms with Crippen LogP contribution in [0.2, 0.25) is 15.1 Å². The Kier molecular flexibility index (Phi) is 3.20. The molecule has 2 aromatic rings. The SMILES string of the molecule is Clc1ccc(-c2cc[c]cc2Cl)c(Cl)c1. The first-order valence-corrected chi connectivity index (χ1v) is 5.43. The monoisotopic (exact) mass is 255 g/mol. The van der Waals surface area contributed by atoms with E-state index in [0.717, 1.165) is 11.1 Å². The lowest BCUT2D eigenvalue weighted by Gasteiger charge is -2.06. The summed E-state index contributed by atoms with van der Waals surface area (Å²) in [6, 6.07) is 13.6. The van der Waals surface area contributed by atoms with Crippen LogP contribution < -0.4 is 0 Å². The Balaban J connectivity index is 2.60. The molecule has 0 aliphatic carbocycles. The summed E-state index contributed by atoms with van der Waals surface area (Å²) in [6.45, 7) is 0. The normalized spacial score (nSPS) is 10.3. The highest BCUT2D eigenvalue weighted by molar-refractivity contribution is 6.38. The Hall–Kier alpha value is -0.690. The third-order valence-corrected chi connectivity index (χ3v) is 2.90. The van der Waals surface area contributed by atoms with Crippen LogP contribution in [0.5, 0.6) is 0 Å². The standard InChI is InChI=1S/C12H6Cl3/c13-8-5-6-10(12(15)7-8)9-3-1-2-4-11(9)14/h1,3-7H. The molecule has 2 rings (SSSR count). The van der Waals surface area contributed by atoms with Gasteiger partial charge in [0, 0.05) is 26.2 Å². The van der Waals surface area contributed by atoms with Crippen molar-refractivity contribution in [1.29, 1.82) is 0 Å². The summed E-state index contributed by atoms with van der Waals surface area (Å²) in [5.74, 6) is 0. The van der Waals surface area contributed by atoms with Crippen LogP contribution in [0.3, 0.4) is 0 Å². The minimum absolute atomic E-state index is 0.593. The van der Waals surface area contributed by atoms with Crippen molar-refractivity contribution in [2.45, 2.75) is 0 Å². The molecule has 0 heterocycles. The third kappa shape index (κ3) is 2.28. The van der Waals surface area contributed by atoms with Crippen molar-refractivity contribution < 1.29 is 0 Å². The largest absolute Gasteiger partial charge is 0.0843 e. The van der Waals surface area contributed by atoms with Gasteiger partial charge in [-0.25, -0.2) is 0 Å². The number of benzene rings is 2. The zero-order valence-corrected chi connectivity index (χ0v) is 9.87. The Morgan fingerprint density at radius 3 is 2.27 bits per heavy atom. The minimum Gasteiger partial charge on any atom is -0.0843 e. The number of halogens is 3. The van der Waals surface area contributed by atoms with Crippen LogP contribution in [0.1, 0.15) is 0 Å². The molecule has 0 atom stereocenters. The fraction of sp³-hybridized carbons (Fsp3) is 0. The molecule has 3 heteroatoms. The molecular weight excluding hydrogens is 250 g/mol. The quantitative estimate of drug-likeness (QED) is 0.665. The topological polar surface area (TPSA) is 0 Å². The molecule has 0 N–H and O–H groups in total. The predicted octanol–water partition coefficient (Wildman–Crippen LogP) is 5.11. The third-order valence-electron chi connectivity index (χ3n) is 2.03. The summed E-state index contributed by atoms with van der Waals surface area (Å²) < 4.78 is 0. The molecule has 0 nitrogen and oxygen atoms in total. The maximum absolute atomic E-state index is 6.08. The first-order chi connectivity index (χ1) is 7.18. The molecule has 0 saturated carbocycles. The van der Waals surface area contributed by atoms with Gasteiger partial charge < -0.3 is 0 Å². The molecule has 0 aromatic heterocycles. The fourth-order valence-electron chi connectivity index (χ4n) is 1.34. The summed E-state index contributed by atoms with van der Waals surface area (Å²) in [5.41, 5.74) is 1.76. The molecule has 75 valence electrons. The van der Waals surface area contributed by atoms with Crippen LogP contribution in [0, 0.1) is 6.07 Å². The molecule has 0 amide bonds. The lowest BCUT2D eigenvalue weighted by molar-refractivity contribution is 1.61. The summed E-state index contributed by atoms with van der Waals surface area (Å²) in [7, 11) is 0. The highest BCUT2D eigenvalue weighted by atomic mass is 35.5. The van der Waals surface area contributed by atoms with E-state index in [2.05, 4.69) is 6.07 Å². The van der Waals surface area contributed by atoms with Crippen molar-refractivity contribution >= 4 is 34.8 Å². The Morgan fingerprint density at radius 1 is 0.867 bits per heavy atom. The van der Waals surface area contributed by atoms with E-state index in [1.165, 1.54) is 0 Å². The molecule has 0 fully saturated rings. The van der Waals surface area contributed by atoms with Gasteiger partial charge in [0.15, 0.2) is 0 Å². The van der Waals surface area contributed by atoms with Gasteiger partial charge >= 0.3 is 0 Å². The van der Waals surface area contributed by atoms with Gasteiger partial charge in [0.05, 0.1) is 0 Å². The average Bonchev–Trinajstić information content (AvgIpc) is 2.20. The average molecular weight is 257 g/mol. The molecule has 2 aromatic carbocycles.